The molecule has 0 unspecified atom stereocenters. The van der Waals surface area contributed by atoms with Crippen LogP contribution in [0.4, 0.5) is 5.69 Å². The molecule has 2 amide bonds. The molecular formula is C27H28N4O2. The van der Waals surface area contributed by atoms with Gasteiger partial charge in [0.15, 0.2) is 0 Å². The molecule has 6 nitrogen and oxygen atoms in total. The van der Waals surface area contributed by atoms with Gasteiger partial charge in [-0.05, 0) is 60.9 Å². The molecule has 0 fully saturated rings. The number of aromatic nitrogens is 1. The average molecular weight is 441 g/mol. The Morgan fingerprint density at radius 2 is 1.70 bits per heavy atom. The highest BCUT2D eigenvalue weighted by Gasteiger charge is 2.10. The van der Waals surface area contributed by atoms with Crippen LogP contribution in [0.3, 0.4) is 0 Å². The van der Waals surface area contributed by atoms with E-state index in [4.69, 9.17) is 0 Å². The van der Waals surface area contributed by atoms with Gasteiger partial charge in [0.25, 0.3) is 5.91 Å². The molecule has 4 aromatic rings. The van der Waals surface area contributed by atoms with E-state index in [1.54, 1.807) is 30.5 Å². The van der Waals surface area contributed by atoms with Gasteiger partial charge in [-0.15, -0.1) is 0 Å². The van der Waals surface area contributed by atoms with Crippen LogP contribution in [0, 0.1) is 5.92 Å². The third kappa shape index (κ3) is 4.95. The first-order valence-electron chi connectivity index (χ1n) is 11.2. The van der Waals surface area contributed by atoms with E-state index in [1.807, 2.05) is 26.0 Å². The zero-order chi connectivity index (χ0) is 23.4. The maximum Gasteiger partial charge on any atom is 0.271 e. The summed E-state index contributed by atoms with van der Waals surface area (Å²) in [6.45, 7) is 7.03. The third-order valence-corrected chi connectivity index (χ3v) is 5.52. The summed E-state index contributed by atoms with van der Waals surface area (Å²) in [4.78, 5) is 24.3. The van der Waals surface area contributed by atoms with E-state index < -0.39 is 0 Å². The Labute approximate surface area is 193 Å². The van der Waals surface area contributed by atoms with Gasteiger partial charge in [0.05, 0.1) is 6.21 Å². The van der Waals surface area contributed by atoms with E-state index in [0.717, 1.165) is 17.5 Å². The quantitative estimate of drug-likeness (QED) is 0.291. The smallest absolute Gasteiger partial charge is 0.271 e. The summed E-state index contributed by atoms with van der Waals surface area (Å²) in [7, 11) is 0. The number of amides is 2. The molecule has 0 aliphatic rings. The molecule has 33 heavy (non-hydrogen) atoms. The molecule has 168 valence electrons. The number of carbonyl (C=O) groups is 2. The summed E-state index contributed by atoms with van der Waals surface area (Å²) in [6, 6.07) is 21.3. The van der Waals surface area contributed by atoms with Crippen LogP contribution >= 0.6 is 0 Å². The van der Waals surface area contributed by atoms with Crippen LogP contribution in [0.25, 0.3) is 21.8 Å². The van der Waals surface area contributed by atoms with E-state index in [9.17, 15) is 9.59 Å². The zero-order valence-corrected chi connectivity index (χ0v) is 19.1. The van der Waals surface area contributed by atoms with Crippen molar-refractivity contribution in [1.82, 2.24) is 9.99 Å². The summed E-state index contributed by atoms with van der Waals surface area (Å²) in [6.07, 6.45) is 2.11. The van der Waals surface area contributed by atoms with Gasteiger partial charge in [-0.3, -0.25) is 9.59 Å². The van der Waals surface area contributed by atoms with E-state index in [-0.39, 0.29) is 11.8 Å². The second kappa shape index (κ2) is 9.69. The van der Waals surface area contributed by atoms with Crippen LogP contribution < -0.4 is 10.7 Å². The summed E-state index contributed by atoms with van der Waals surface area (Å²) < 4.78 is 2.29. The van der Waals surface area contributed by atoms with Crippen LogP contribution in [0.2, 0.25) is 0 Å². The van der Waals surface area contributed by atoms with E-state index in [2.05, 4.69) is 57.7 Å². The minimum Gasteiger partial charge on any atom is -0.341 e. The number of nitrogens with one attached hydrogen (secondary N) is 2. The molecule has 0 spiro atoms. The molecule has 0 aliphatic carbocycles. The number of anilines is 1. The fourth-order valence-electron chi connectivity index (χ4n) is 4.01. The number of hydrogen-bond acceptors (Lipinski definition) is 3. The highest BCUT2D eigenvalue weighted by Crippen LogP contribution is 2.29. The molecule has 4 rings (SSSR count). The van der Waals surface area contributed by atoms with Gasteiger partial charge in [-0.25, -0.2) is 5.43 Å². The fraction of sp³-hybridized carbons (Fsp3) is 0.222. The van der Waals surface area contributed by atoms with E-state index in [1.165, 1.54) is 16.4 Å². The number of para-hydroxylation sites is 1. The molecule has 0 radical (unpaired) electrons. The van der Waals surface area contributed by atoms with Crippen molar-refractivity contribution in [3.05, 3.63) is 77.9 Å². The van der Waals surface area contributed by atoms with Gasteiger partial charge < -0.3 is 9.88 Å². The van der Waals surface area contributed by atoms with Crippen molar-refractivity contribution in [2.24, 2.45) is 11.0 Å². The van der Waals surface area contributed by atoms with Gasteiger partial charge >= 0.3 is 0 Å². The largest absolute Gasteiger partial charge is 0.341 e. The minimum atomic E-state index is -0.310. The third-order valence-electron chi connectivity index (χ3n) is 5.52. The molecule has 1 aromatic heterocycles. The monoisotopic (exact) mass is 440 g/mol. The Morgan fingerprint density at radius 1 is 0.970 bits per heavy atom. The minimum absolute atomic E-state index is 0.0363. The van der Waals surface area contributed by atoms with E-state index in [0.29, 0.717) is 23.6 Å². The summed E-state index contributed by atoms with van der Waals surface area (Å²) in [5.41, 5.74) is 7.01. The Kier molecular flexibility index (Phi) is 6.54. The number of carbonyl (C=O) groups excluding carboxylic acids is 2. The highest BCUT2D eigenvalue weighted by atomic mass is 16.2. The van der Waals surface area contributed by atoms with Crippen molar-refractivity contribution in [3.63, 3.8) is 0 Å². The van der Waals surface area contributed by atoms with Crippen LogP contribution in [0.5, 0.6) is 0 Å². The number of hydrazone groups is 1. The number of rotatable bonds is 7. The Bertz CT molecular complexity index is 1330. The van der Waals surface area contributed by atoms with Crippen LogP contribution in [-0.4, -0.2) is 22.6 Å². The summed E-state index contributed by atoms with van der Waals surface area (Å²) in [5, 5.41) is 9.34. The van der Waals surface area contributed by atoms with Crippen molar-refractivity contribution in [3.8, 4) is 0 Å². The number of fused-ring (bicyclic) bond motifs is 3. The molecule has 0 atom stereocenters. The number of nitrogens with zero attached hydrogens (tertiary/aromatic N) is 2. The molecule has 1 heterocycles. The van der Waals surface area contributed by atoms with Crippen LogP contribution in [0.15, 0.2) is 71.8 Å². The maximum atomic E-state index is 12.4. The summed E-state index contributed by atoms with van der Waals surface area (Å²) in [5.74, 6) is -0.0558. The van der Waals surface area contributed by atoms with Crippen molar-refractivity contribution in [1.29, 1.82) is 0 Å². The second-order valence-corrected chi connectivity index (χ2v) is 8.46. The first-order valence-corrected chi connectivity index (χ1v) is 11.2. The molecule has 0 aliphatic heterocycles. The van der Waals surface area contributed by atoms with Gasteiger partial charge in [0.2, 0.25) is 5.91 Å². The van der Waals surface area contributed by atoms with Crippen LogP contribution in [0.1, 0.15) is 43.1 Å². The first-order chi connectivity index (χ1) is 16.0. The first kappa shape index (κ1) is 22.3. The number of benzene rings is 3. The predicted molar refractivity (Wildman–Crippen MR) is 135 cm³/mol. The lowest BCUT2D eigenvalue weighted by Gasteiger charge is -2.07. The molecule has 6 heteroatoms. The Morgan fingerprint density at radius 3 is 2.42 bits per heavy atom. The highest BCUT2D eigenvalue weighted by molar-refractivity contribution is 6.09. The zero-order valence-electron chi connectivity index (χ0n) is 19.1. The van der Waals surface area contributed by atoms with Crippen LogP contribution in [-0.2, 0) is 11.3 Å². The van der Waals surface area contributed by atoms with Gasteiger partial charge in [0.1, 0.15) is 0 Å². The van der Waals surface area contributed by atoms with Gasteiger partial charge in [-0.2, -0.15) is 5.10 Å². The van der Waals surface area contributed by atoms with Crippen molar-refractivity contribution >= 4 is 45.5 Å². The molecule has 3 aromatic carbocycles. The van der Waals surface area contributed by atoms with Crippen molar-refractivity contribution in [2.75, 3.05) is 5.32 Å². The Balaban J connectivity index is 1.44. The van der Waals surface area contributed by atoms with Gasteiger partial charge in [0, 0.05) is 46.0 Å². The summed E-state index contributed by atoms with van der Waals surface area (Å²) >= 11 is 0. The molecule has 2 N–H and O–H groups in total. The number of hydrogen-bond donors (Lipinski definition) is 2. The lowest BCUT2D eigenvalue weighted by molar-refractivity contribution is -0.116. The SMILES string of the molecule is CCn1c2ccccc2c2cc(C=NNC(=O)c3ccc(NC(=O)CC(C)C)cc3)ccc21. The molecule has 0 bridgehead atoms. The fourth-order valence-corrected chi connectivity index (χ4v) is 4.01. The standard InChI is InChI=1S/C27H28N4O2/c1-4-31-24-8-6-5-7-22(24)23-16-19(9-14-25(23)31)17-28-30-27(33)20-10-12-21(13-11-20)29-26(32)15-18(2)3/h5-14,16-18H,4,15H2,1-3H3,(H,29,32)(H,30,33). The lowest BCUT2D eigenvalue weighted by Crippen LogP contribution is -2.18. The topological polar surface area (TPSA) is 75.5 Å². The average Bonchev–Trinajstić information content (AvgIpc) is 3.12. The van der Waals surface area contributed by atoms with E-state index >= 15 is 0 Å². The number of aryl methyl sites for hydroxylation is 1. The lowest BCUT2D eigenvalue weighted by atomic mass is 10.1. The molecule has 0 saturated heterocycles. The second-order valence-electron chi connectivity index (χ2n) is 8.46. The molecule has 0 saturated carbocycles. The molecular weight excluding hydrogens is 412 g/mol. The van der Waals surface area contributed by atoms with Gasteiger partial charge in [-0.1, -0.05) is 38.1 Å². The van der Waals surface area contributed by atoms with Crippen molar-refractivity contribution < 1.29 is 9.59 Å². The van der Waals surface area contributed by atoms with Crippen molar-refractivity contribution in [2.45, 2.75) is 33.7 Å². The Hall–Kier alpha value is -3.93. The normalized spacial score (nSPS) is 11.5. The maximum absolute atomic E-state index is 12.4. The predicted octanol–water partition coefficient (Wildman–Crippen LogP) is 5.56.